The summed E-state index contributed by atoms with van der Waals surface area (Å²) in [6, 6.07) is 0.988. The van der Waals surface area contributed by atoms with Crippen molar-refractivity contribution in [2.24, 2.45) is 0 Å². The van der Waals surface area contributed by atoms with Crippen molar-refractivity contribution >= 4 is 0 Å². The SMILES string of the molecule is C[C@H](CO)NC1CCC1. The zero-order valence-corrected chi connectivity index (χ0v) is 5.93. The van der Waals surface area contributed by atoms with E-state index in [1.165, 1.54) is 19.3 Å². The molecule has 1 rings (SSSR count). The van der Waals surface area contributed by atoms with E-state index in [0.717, 1.165) is 0 Å². The number of hydrogen-bond donors (Lipinski definition) is 2. The van der Waals surface area contributed by atoms with E-state index in [1.807, 2.05) is 6.92 Å². The third-order valence-corrected chi connectivity index (χ3v) is 1.90. The van der Waals surface area contributed by atoms with E-state index in [9.17, 15) is 0 Å². The Morgan fingerprint density at radius 1 is 1.67 bits per heavy atom. The van der Waals surface area contributed by atoms with Gasteiger partial charge < -0.3 is 10.4 Å². The van der Waals surface area contributed by atoms with Gasteiger partial charge in [0, 0.05) is 12.1 Å². The van der Waals surface area contributed by atoms with E-state index in [2.05, 4.69) is 5.32 Å². The lowest BCUT2D eigenvalue weighted by molar-refractivity contribution is 0.217. The second-order valence-corrected chi connectivity index (χ2v) is 2.88. The van der Waals surface area contributed by atoms with E-state index >= 15 is 0 Å². The van der Waals surface area contributed by atoms with Gasteiger partial charge in [0.05, 0.1) is 6.61 Å². The molecule has 1 fully saturated rings. The summed E-state index contributed by atoms with van der Waals surface area (Å²) in [6.45, 7) is 2.27. The molecular formula is C7H15NO. The summed E-state index contributed by atoms with van der Waals surface area (Å²) >= 11 is 0. The predicted molar refractivity (Wildman–Crippen MR) is 37.3 cm³/mol. The van der Waals surface area contributed by atoms with Crippen LogP contribution in [-0.2, 0) is 0 Å². The highest BCUT2D eigenvalue weighted by Crippen LogP contribution is 2.18. The van der Waals surface area contributed by atoms with Gasteiger partial charge in [-0.05, 0) is 19.8 Å². The normalized spacial score (nSPS) is 23.3. The number of aliphatic hydroxyl groups excluding tert-OH is 1. The molecule has 2 nitrogen and oxygen atoms in total. The van der Waals surface area contributed by atoms with Crippen molar-refractivity contribution in [3.8, 4) is 0 Å². The van der Waals surface area contributed by atoms with Gasteiger partial charge in [-0.2, -0.15) is 0 Å². The molecule has 0 aromatic rings. The molecule has 0 aromatic carbocycles. The summed E-state index contributed by atoms with van der Waals surface area (Å²) in [7, 11) is 0. The lowest BCUT2D eigenvalue weighted by atomic mass is 9.92. The quantitative estimate of drug-likeness (QED) is 0.582. The van der Waals surface area contributed by atoms with Crippen molar-refractivity contribution in [1.82, 2.24) is 5.32 Å². The van der Waals surface area contributed by atoms with Gasteiger partial charge in [0.15, 0.2) is 0 Å². The number of rotatable bonds is 3. The van der Waals surface area contributed by atoms with Crippen LogP contribution >= 0.6 is 0 Å². The third-order valence-electron chi connectivity index (χ3n) is 1.90. The van der Waals surface area contributed by atoms with Crippen LogP contribution in [0.5, 0.6) is 0 Å². The zero-order valence-electron chi connectivity index (χ0n) is 5.93. The van der Waals surface area contributed by atoms with E-state index in [-0.39, 0.29) is 12.6 Å². The molecule has 0 aliphatic heterocycles. The Kier molecular flexibility index (Phi) is 2.49. The summed E-state index contributed by atoms with van der Waals surface area (Å²) in [5.74, 6) is 0. The van der Waals surface area contributed by atoms with E-state index in [0.29, 0.717) is 6.04 Å². The second kappa shape index (κ2) is 3.18. The van der Waals surface area contributed by atoms with Crippen LogP contribution in [0.15, 0.2) is 0 Å². The smallest absolute Gasteiger partial charge is 0.0582 e. The molecule has 1 aliphatic rings. The fourth-order valence-corrected chi connectivity index (χ4v) is 1.03. The van der Waals surface area contributed by atoms with E-state index in [1.54, 1.807) is 0 Å². The zero-order chi connectivity index (χ0) is 6.69. The first-order chi connectivity index (χ1) is 4.33. The maximum atomic E-state index is 8.64. The molecule has 0 heterocycles. The van der Waals surface area contributed by atoms with Crippen LogP contribution in [0.1, 0.15) is 26.2 Å². The summed E-state index contributed by atoms with van der Waals surface area (Å²) in [5.41, 5.74) is 0. The molecule has 0 spiro atoms. The Balaban J connectivity index is 2.01. The molecule has 0 saturated heterocycles. The van der Waals surface area contributed by atoms with Crippen molar-refractivity contribution in [3.63, 3.8) is 0 Å². The fourth-order valence-electron chi connectivity index (χ4n) is 1.03. The monoisotopic (exact) mass is 129 g/mol. The first kappa shape index (κ1) is 7.03. The molecule has 1 atom stereocenters. The van der Waals surface area contributed by atoms with Gasteiger partial charge in [0.1, 0.15) is 0 Å². The van der Waals surface area contributed by atoms with Crippen LogP contribution in [0.3, 0.4) is 0 Å². The Bertz CT molecular complexity index is 78.2. The van der Waals surface area contributed by atoms with Crippen molar-refractivity contribution in [3.05, 3.63) is 0 Å². The summed E-state index contributed by atoms with van der Waals surface area (Å²) in [6.07, 6.45) is 3.95. The van der Waals surface area contributed by atoms with Crippen molar-refractivity contribution in [2.75, 3.05) is 6.61 Å². The molecule has 1 aliphatic carbocycles. The molecule has 0 unspecified atom stereocenters. The molecule has 0 bridgehead atoms. The average molecular weight is 129 g/mol. The molecule has 2 N–H and O–H groups in total. The van der Waals surface area contributed by atoms with Crippen LogP contribution in [0.25, 0.3) is 0 Å². The maximum absolute atomic E-state index is 8.64. The summed E-state index contributed by atoms with van der Waals surface area (Å²) in [4.78, 5) is 0. The van der Waals surface area contributed by atoms with Crippen LogP contribution < -0.4 is 5.32 Å². The highest BCUT2D eigenvalue weighted by Gasteiger charge is 2.17. The van der Waals surface area contributed by atoms with Crippen LogP contribution in [0.4, 0.5) is 0 Å². The van der Waals surface area contributed by atoms with Crippen molar-refractivity contribution < 1.29 is 5.11 Å². The van der Waals surface area contributed by atoms with Gasteiger partial charge in [0.2, 0.25) is 0 Å². The van der Waals surface area contributed by atoms with Crippen LogP contribution in [-0.4, -0.2) is 23.8 Å². The first-order valence-corrected chi connectivity index (χ1v) is 3.70. The molecule has 0 aromatic heterocycles. The molecular weight excluding hydrogens is 114 g/mol. The number of aliphatic hydroxyl groups is 1. The first-order valence-electron chi connectivity index (χ1n) is 3.70. The lowest BCUT2D eigenvalue weighted by Gasteiger charge is -2.29. The standard InChI is InChI=1S/C7H15NO/c1-6(5-9)8-7-3-2-4-7/h6-9H,2-5H2,1H3/t6-/m1/s1. The Labute approximate surface area is 56.3 Å². The minimum atomic E-state index is 0.260. The van der Waals surface area contributed by atoms with Crippen LogP contribution in [0, 0.1) is 0 Å². The molecule has 54 valence electrons. The number of hydrogen-bond acceptors (Lipinski definition) is 2. The molecule has 9 heavy (non-hydrogen) atoms. The molecule has 2 heteroatoms. The van der Waals surface area contributed by atoms with Gasteiger partial charge in [-0.1, -0.05) is 6.42 Å². The van der Waals surface area contributed by atoms with Gasteiger partial charge in [-0.3, -0.25) is 0 Å². The lowest BCUT2D eigenvalue weighted by Crippen LogP contribution is -2.42. The predicted octanol–water partition coefficient (Wildman–Crippen LogP) is 0.509. The average Bonchev–Trinajstić information content (AvgIpc) is 1.78. The van der Waals surface area contributed by atoms with Gasteiger partial charge in [-0.25, -0.2) is 0 Å². The highest BCUT2D eigenvalue weighted by molar-refractivity contribution is 4.78. The minimum Gasteiger partial charge on any atom is -0.395 e. The third kappa shape index (κ3) is 1.95. The maximum Gasteiger partial charge on any atom is 0.0582 e. The van der Waals surface area contributed by atoms with E-state index < -0.39 is 0 Å². The summed E-state index contributed by atoms with van der Waals surface area (Å²) < 4.78 is 0. The van der Waals surface area contributed by atoms with E-state index in [4.69, 9.17) is 5.11 Å². The van der Waals surface area contributed by atoms with Gasteiger partial charge in [-0.15, -0.1) is 0 Å². The number of nitrogens with one attached hydrogen (secondary N) is 1. The van der Waals surface area contributed by atoms with Crippen molar-refractivity contribution in [1.29, 1.82) is 0 Å². The molecule has 0 radical (unpaired) electrons. The van der Waals surface area contributed by atoms with Crippen molar-refractivity contribution in [2.45, 2.75) is 38.3 Å². The Hall–Kier alpha value is -0.0800. The van der Waals surface area contributed by atoms with Crippen LogP contribution in [0.2, 0.25) is 0 Å². The summed E-state index contributed by atoms with van der Waals surface area (Å²) in [5, 5.41) is 12.0. The Morgan fingerprint density at radius 2 is 2.33 bits per heavy atom. The largest absolute Gasteiger partial charge is 0.395 e. The second-order valence-electron chi connectivity index (χ2n) is 2.88. The fraction of sp³-hybridized carbons (Fsp3) is 1.00. The molecule has 1 saturated carbocycles. The Morgan fingerprint density at radius 3 is 2.67 bits per heavy atom. The minimum absolute atomic E-state index is 0.260. The molecule has 0 amide bonds. The van der Waals surface area contributed by atoms with Gasteiger partial charge >= 0.3 is 0 Å². The van der Waals surface area contributed by atoms with Gasteiger partial charge in [0.25, 0.3) is 0 Å². The topological polar surface area (TPSA) is 32.3 Å². The highest BCUT2D eigenvalue weighted by atomic mass is 16.3.